The molecule has 2 aliphatic rings. The molecule has 0 radical (unpaired) electrons. The fraction of sp³-hybridized carbons (Fsp3) is 0.400. The minimum Gasteiger partial charge on any atom is -0.381 e. The molecule has 3 heterocycles. The molecule has 0 bridgehead atoms. The number of halogens is 2. The topological polar surface area (TPSA) is 71.5 Å². The van der Waals surface area contributed by atoms with Crippen molar-refractivity contribution in [1.82, 2.24) is 4.98 Å². The van der Waals surface area contributed by atoms with Gasteiger partial charge in [-0.25, -0.2) is 9.19 Å². The molecule has 2 fully saturated rings. The zero-order valence-corrected chi connectivity index (χ0v) is 18.0. The largest absolute Gasteiger partial charge is 0.381 e. The standard InChI is InChI=1S/C20H21Cl2N3O3S/c21-15-8-14(13-2-5-28-6-3-13)9-16(10-15)24-20(26)17-11-19(23-12-18(17)22)25-4-1-7-29(25)27/h8-13H,1-7H2,(H,24,26). The molecule has 4 rings (SSSR count). The second-order valence-electron chi connectivity index (χ2n) is 7.12. The van der Waals surface area contributed by atoms with Gasteiger partial charge in [-0.3, -0.25) is 9.10 Å². The van der Waals surface area contributed by atoms with Crippen molar-refractivity contribution in [3.63, 3.8) is 0 Å². The van der Waals surface area contributed by atoms with Crippen LogP contribution in [0.2, 0.25) is 10.0 Å². The van der Waals surface area contributed by atoms with Gasteiger partial charge >= 0.3 is 0 Å². The predicted octanol–water partition coefficient (Wildman–Crippen LogP) is 4.41. The number of nitrogens with one attached hydrogen (secondary N) is 1. The SMILES string of the molecule is O=C(Nc1cc(Cl)cc(C2CCOCC2)c1)c1cc(N2CCCS2=O)ncc1Cl. The molecule has 1 N–H and O–H groups in total. The molecule has 6 nitrogen and oxygen atoms in total. The van der Waals surface area contributed by atoms with E-state index in [9.17, 15) is 9.00 Å². The number of amides is 1. The Labute approximate surface area is 182 Å². The van der Waals surface area contributed by atoms with Crippen molar-refractivity contribution >= 4 is 51.6 Å². The van der Waals surface area contributed by atoms with Crippen LogP contribution in [0.3, 0.4) is 0 Å². The van der Waals surface area contributed by atoms with Crippen LogP contribution < -0.4 is 9.62 Å². The number of anilines is 2. The van der Waals surface area contributed by atoms with Crippen molar-refractivity contribution in [2.45, 2.75) is 25.2 Å². The van der Waals surface area contributed by atoms with Gasteiger partial charge in [-0.1, -0.05) is 23.2 Å². The number of hydrogen-bond acceptors (Lipinski definition) is 4. The van der Waals surface area contributed by atoms with Crippen LogP contribution in [0.1, 0.15) is 41.1 Å². The van der Waals surface area contributed by atoms with E-state index in [0.29, 0.717) is 34.7 Å². The van der Waals surface area contributed by atoms with Crippen molar-refractivity contribution < 1.29 is 13.7 Å². The lowest BCUT2D eigenvalue weighted by Gasteiger charge is -2.23. The molecular weight excluding hydrogens is 433 g/mol. The minimum absolute atomic E-state index is 0.239. The number of benzene rings is 1. The number of ether oxygens (including phenoxy) is 1. The Hall–Kier alpha value is -1.67. The third-order valence-electron chi connectivity index (χ3n) is 5.14. The normalized spacial score (nSPS) is 20.1. The second-order valence-corrected chi connectivity index (χ2v) is 9.45. The Balaban J connectivity index is 1.56. The molecule has 154 valence electrons. The van der Waals surface area contributed by atoms with Crippen LogP contribution >= 0.6 is 23.2 Å². The van der Waals surface area contributed by atoms with E-state index in [1.165, 1.54) is 6.20 Å². The van der Waals surface area contributed by atoms with Crippen molar-refractivity contribution in [3.05, 3.63) is 51.6 Å². The smallest absolute Gasteiger partial charge is 0.257 e. The van der Waals surface area contributed by atoms with Gasteiger partial charge in [0.05, 0.1) is 10.6 Å². The Morgan fingerprint density at radius 3 is 2.72 bits per heavy atom. The van der Waals surface area contributed by atoms with Gasteiger partial charge in [-0.15, -0.1) is 0 Å². The van der Waals surface area contributed by atoms with Gasteiger partial charge < -0.3 is 10.1 Å². The summed E-state index contributed by atoms with van der Waals surface area (Å²) in [7, 11) is -1.12. The lowest BCUT2D eigenvalue weighted by molar-refractivity contribution is 0.0853. The molecule has 0 aliphatic carbocycles. The zero-order valence-electron chi connectivity index (χ0n) is 15.7. The molecule has 1 amide bonds. The average molecular weight is 454 g/mol. The quantitative estimate of drug-likeness (QED) is 0.743. The summed E-state index contributed by atoms with van der Waals surface area (Å²) < 4.78 is 19.2. The highest BCUT2D eigenvalue weighted by Crippen LogP contribution is 2.32. The van der Waals surface area contributed by atoms with E-state index in [-0.39, 0.29) is 16.5 Å². The molecule has 1 aromatic heterocycles. The van der Waals surface area contributed by atoms with Gasteiger partial charge in [-0.05, 0) is 55.0 Å². The van der Waals surface area contributed by atoms with Crippen LogP contribution in [-0.2, 0) is 15.7 Å². The van der Waals surface area contributed by atoms with Gasteiger partial charge in [-0.2, -0.15) is 0 Å². The molecule has 1 unspecified atom stereocenters. The Kier molecular flexibility index (Phi) is 6.39. The van der Waals surface area contributed by atoms with Gasteiger partial charge in [0, 0.05) is 42.4 Å². The highest BCUT2D eigenvalue weighted by atomic mass is 35.5. The second kappa shape index (κ2) is 9.00. The molecule has 2 aromatic rings. The van der Waals surface area contributed by atoms with Crippen LogP contribution in [0, 0.1) is 0 Å². The monoisotopic (exact) mass is 453 g/mol. The van der Waals surface area contributed by atoms with E-state index >= 15 is 0 Å². The maximum absolute atomic E-state index is 12.9. The van der Waals surface area contributed by atoms with Gasteiger partial charge in [0.25, 0.3) is 5.91 Å². The summed E-state index contributed by atoms with van der Waals surface area (Å²) in [4.78, 5) is 17.1. The van der Waals surface area contributed by atoms with E-state index in [1.807, 2.05) is 12.1 Å². The number of aromatic nitrogens is 1. The number of nitrogens with zero attached hydrogens (tertiary/aromatic N) is 2. The molecule has 1 atom stereocenters. The number of hydrogen-bond donors (Lipinski definition) is 1. The zero-order chi connectivity index (χ0) is 20.4. The molecule has 1 aromatic carbocycles. The van der Waals surface area contributed by atoms with Crippen molar-refractivity contribution in [2.24, 2.45) is 0 Å². The minimum atomic E-state index is -1.12. The summed E-state index contributed by atoms with van der Waals surface area (Å²) >= 11 is 12.5. The number of pyridine rings is 1. The van der Waals surface area contributed by atoms with Gasteiger partial charge in [0.15, 0.2) is 0 Å². The maximum atomic E-state index is 12.9. The summed E-state index contributed by atoms with van der Waals surface area (Å²) in [5, 5.41) is 3.69. The Morgan fingerprint density at radius 2 is 2.00 bits per heavy atom. The number of carbonyl (C=O) groups excluding carboxylic acids is 1. The third kappa shape index (κ3) is 4.74. The lowest BCUT2D eigenvalue weighted by atomic mass is 9.91. The summed E-state index contributed by atoms with van der Waals surface area (Å²) in [6, 6.07) is 7.19. The predicted molar refractivity (Wildman–Crippen MR) is 116 cm³/mol. The molecule has 2 aliphatic heterocycles. The van der Waals surface area contributed by atoms with Crippen molar-refractivity contribution in [3.8, 4) is 0 Å². The first-order valence-corrected chi connectivity index (χ1v) is 11.6. The van der Waals surface area contributed by atoms with E-state index in [4.69, 9.17) is 27.9 Å². The Bertz CT molecular complexity index is 951. The average Bonchev–Trinajstić information content (AvgIpc) is 3.14. The highest BCUT2D eigenvalue weighted by molar-refractivity contribution is 7.86. The fourth-order valence-electron chi connectivity index (χ4n) is 3.65. The molecule has 29 heavy (non-hydrogen) atoms. The van der Waals surface area contributed by atoms with Crippen LogP contribution in [0.25, 0.3) is 0 Å². The summed E-state index contributed by atoms with van der Waals surface area (Å²) in [6.45, 7) is 2.10. The lowest BCUT2D eigenvalue weighted by Crippen LogP contribution is -2.22. The molecule has 2 saturated heterocycles. The fourth-order valence-corrected chi connectivity index (χ4v) is 5.32. The summed E-state index contributed by atoms with van der Waals surface area (Å²) in [6.07, 6.45) is 4.11. The number of carbonyl (C=O) groups is 1. The number of rotatable bonds is 4. The van der Waals surface area contributed by atoms with Gasteiger partial charge in [0.2, 0.25) is 0 Å². The van der Waals surface area contributed by atoms with E-state index < -0.39 is 11.0 Å². The highest BCUT2D eigenvalue weighted by Gasteiger charge is 2.24. The maximum Gasteiger partial charge on any atom is 0.257 e. The third-order valence-corrected chi connectivity index (χ3v) is 7.16. The van der Waals surface area contributed by atoms with Crippen LogP contribution in [-0.4, -0.2) is 40.6 Å². The van der Waals surface area contributed by atoms with E-state index in [1.54, 1.807) is 16.4 Å². The van der Waals surface area contributed by atoms with E-state index in [0.717, 1.165) is 38.0 Å². The first-order valence-electron chi connectivity index (χ1n) is 9.52. The van der Waals surface area contributed by atoms with Crippen LogP contribution in [0.4, 0.5) is 11.5 Å². The van der Waals surface area contributed by atoms with Crippen molar-refractivity contribution in [1.29, 1.82) is 0 Å². The molecular formula is C20H21Cl2N3O3S. The van der Waals surface area contributed by atoms with Crippen LogP contribution in [0.15, 0.2) is 30.5 Å². The van der Waals surface area contributed by atoms with Crippen molar-refractivity contribution in [2.75, 3.05) is 35.1 Å². The Morgan fingerprint density at radius 1 is 1.21 bits per heavy atom. The first kappa shape index (κ1) is 20.6. The first-order chi connectivity index (χ1) is 14.0. The van der Waals surface area contributed by atoms with E-state index in [2.05, 4.69) is 10.3 Å². The molecule has 0 spiro atoms. The van der Waals surface area contributed by atoms with Gasteiger partial charge in [0.1, 0.15) is 16.8 Å². The molecule has 0 saturated carbocycles. The summed E-state index contributed by atoms with van der Waals surface area (Å²) in [5.41, 5.74) is 1.99. The molecule has 9 heteroatoms. The summed E-state index contributed by atoms with van der Waals surface area (Å²) in [5.74, 6) is 1.09. The van der Waals surface area contributed by atoms with Crippen LogP contribution in [0.5, 0.6) is 0 Å².